The van der Waals surface area contributed by atoms with Gasteiger partial charge >= 0.3 is 357 Å². The number of hydrogen-bond acceptors (Lipinski definition) is 4. The Kier molecular flexibility index (Phi) is 12.3. The zero-order chi connectivity index (χ0) is 41.8. The van der Waals surface area contributed by atoms with E-state index in [1.165, 1.54) is 66.1 Å². The monoisotopic (exact) mass is 970 g/mol. The molecule has 0 heterocycles. The Hall–Kier alpha value is -3.16. The van der Waals surface area contributed by atoms with Gasteiger partial charge in [0.15, 0.2) is 0 Å². The number of rotatable bonds is 12. The van der Waals surface area contributed by atoms with Crippen LogP contribution in [-0.2, 0) is 42.1 Å². The van der Waals surface area contributed by atoms with Crippen molar-refractivity contribution in [2.75, 3.05) is 0 Å². The van der Waals surface area contributed by atoms with Gasteiger partial charge in [0.2, 0.25) is 0 Å². The molecule has 6 rings (SSSR count). The molecule has 57 heavy (non-hydrogen) atoms. The molecule has 4 N–H and O–H groups in total. The second-order valence-corrected chi connectivity index (χ2v) is 29.6. The van der Waals surface area contributed by atoms with Crippen LogP contribution in [0.3, 0.4) is 0 Å². The van der Waals surface area contributed by atoms with Gasteiger partial charge in [-0.05, 0) is 0 Å². The number of hydrogen-bond donors (Lipinski definition) is 4. The fourth-order valence-corrected chi connectivity index (χ4v) is 27.0. The Bertz CT molecular complexity index is 1970. The molecule has 0 bridgehead atoms. The summed E-state index contributed by atoms with van der Waals surface area (Å²) in [6, 6.07) is -1.18. The van der Waals surface area contributed by atoms with Crippen molar-refractivity contribution < 1.29 is 42.1 Å². The predicted molar refractivity (Wildman–Crippen MR) is 234 cm³/mol. The third-order valence-corrected chi connectivity index (χ3v) is 28.3. The second-order valence-electron chi connectivity index (χ2n) is 18.3. The minimum absolute atomic E-state index is 0.291. The summed E-state index contributed by atoms with van der Waals surface area (Å²) in [5.74, 6) is 0. The van der Waals surface area contributed by atoms with Crippen LogP contribution >= 0.6 is 0 Å². The van der Waals surface area contributed by atoms with Crippen molar-refractivity contribution >= 4 is 52.8 Å². The van der Waals surface area contributed by atoms with Gasteiger partial charge < -0.3 is 0 Å². The first kappa shape index (κ1) is 43.4. The van der Waals surface area contributed by atoms with Crippen molar-refractivity contribution in [2.45, 2.75) is 138 Å². The fraction of sp³-hybridized carbons (Fsp3) is 0.522. The van der Waals surface area contributed by atoms with Crippen LogP contribution in [0.1, 0.15) is 81.1 Å². The van der Waals surface area contributed by atoms with Crippen molar-refractivity contribution in [1.29, 1.82) is 0 Å². The van der Waals surface area contributed by atoms with Gasteiger partial charge in [-0.15, -0.1) is 0 Å². The summed E-state index contributed by atoms with van der Waals surface area (Å²) < 4.78 is -0.652. The van der Waals surface area contributed by atoms with Crippen molar-refractivity contribution in [2.24, 2.45) is 10.8 Å². The van der Waals surface area contributed by atoms with Crippen LogP contribution in [0.4, 0.5) is 0 Å². The molecule has 6 atom stereocenters. The number of allylic oxidation sites excluding steroid dienone is 14. The Morgan fingerprint density at radius 2 is 0.947 bits per heavy atom. The quantitative estimate of drug-likeness (QED) is 0.128. The van der Waals surface area contributed by atoms with Gasteiger partial charge in [-0.3, -0.25) is 0 Å². The SMILES string of the molecule is CC1=C(C)[C]([Hf][C]2(C3=CC=CC3)C(C)=C(C)C3=C2CC(NC=O)C(NC=O)C(=[Si](C)C)C3(C)C)(C2=CC=CC2)C2=C1C(C)(C)C(=[Si](C)C)C(NC=O)C(NC=O)C2. The van der Waals surface area contributed by atoms with Gasteiger partial charge in [-0.25, -0.2) is 0 Å². The molecule has 0 aromatic heterocycles. The zero-order valence-corrected chi connectivity index (χ0v) is 41.6. The van der Waals surface area contributed by atoms with Crippen LogP contribution in [0.15, 0.2) is 92.2 Å². The summed E-state index contributed by atoms with van der Waals surface area (Å²) in [6.07, 6.45) is 20.1. The first-order valence-electron chi connectivity index (χ1n) is 20.5. The normalized spacial score (nSPS) is 31.3. The van der Waals surface area contributed by atoms with Crippen molar-refractivity contribution in [3.63, 3.8) is 0 Å². The van der Waals surface area contributed by atoms with E-state index in [1.807, 2.05) is 0 Å². The molecule has 0 aromatic carbocycles. The number of nitrogens with one attached hydrogen (secondary N) is 4. The summed E-state index contributed by atoms with van der Waals surface area (Å²) in [5, 5.41) is 15.6. The molecule has 0 spiro atoms. The summed E-state index contributed by atoms with van der Waals surface area (Å²) in [6.45, 7) is 28.2. The number of carbonyl (C=O) groups excluding carboxylic acids is 4. The maximum atomic E-state index is 12.5. The van der Waals surface area contributed by atoms with Crippen molar-refractivity contribution in [1.82, 2.24) is 21.3 Å². The van der Waals surface area contributed by atoms with Crippen LogP contribution in [0.5, 0.6) is 0 Å². The van der Waals surface area contributed by atoms with E-state index < -0.39 is 39.7 Å². The van der Waals surface area contributed by atoms with E-state index in [2.05, 4.69) is 139 Å². The molecule has 0 saturated carbocycles. The van der Waals surface area contributed by atoms with E-state index in [0.717, 1.165) is 38.5 Å². The predicted octanol–water partition coefficient (Wildman–Crippen LogP) is 6.79. The van der Waals surface area contributed by atoms with Gasteiger partial charge in [-0.2, -0.15) is 0 Å². The van der Waals surface area contributed by atoms with Crippen LogP contribution in [0.25, 0.3) is 0 Å². The van der Waals surface area contributed by atoms with Gasteiger partial charge in [-0.1, -0.05) is 0 Å². The molecule has 8 nitrogen and oxygen atoms in total. The molecule has 0 fully saturated rings. The molecule has 302 valence electrons. The Labute approximate surface area is 354 Å². The number of carbonyl (C=O) groups is 4. The minimum atomic E-state index is -2.25. The Morgan fingerprint density at radius 1 is 0.596 bits per heavy atom. The molecule has 6 aliphatic rings. The van der Waals surface area contributed by atoms with Crippen LogP contribution < -0.4 is 21.3 Å². The average molecular weight is 970 g/mol. The van der Waals surface area contributed by atoms with E-state index in [-0.39, 0.29) is 41.3 Å². The molecule has 0 radical (unpaired) electrons. The third kappa shape index (κ3) is 6.51. The molecule has 6 aliphatic carbocycles. The molecule has 0 aromatic rings. The first-order valence-corrected chi connectivity index (χ1v) is 29.0. The molecule has 6 unspecified atom stereocenters. The number of amides is 4. The van der Waals surface area contributed by atoms with E-state index in [0.29, 0.717) is 12.8 Å². The molecule has 4 amide bonds. The summed E-state index contributed by atoms with van der Waals surface area (Å²) in [7, 11) is -2.15. The molecule has 0 saturated heterocycles. The van der Waals surface area contributed by atoms with Crippen molar-refractivity contribution in [3.05, 3.63) is 92.2 Å². The third-order valence-electron chi connectivity index (χ3n) is 14.4. The second kappa shape index (κ2) is 16.1. The van der Waals surface area contributed by atoms with Crippen LogP contribution in [0, 0.1) is 10.8 Å². The summed E-state index contributed by atoms with van der Waals surface area (Å²) in [5.41, 5.74) is 13.4. The van der Waals surface area contributed by atoms with Gasteiger partial charge in [0.05, 0.1) is 0 Å². The molecule has 11 heteroatoms. The van der Waals surface area contributed by atoms with Gasteiger partial charge in [0.1, 0.15) is 0 Å². The Balaban J connectivity index is 1.74. The van der Waals surface area contributed by atoms with Gasteiger partial charge in [0, 0.05) is 0 Å². The summed E-state index contributed by atoms with van der Waals surface area (Å²) in [4.78, 5) is 49.8. The van der Waals surface area contributed by atoms with Crippen LogP contribution in [-0.4, -0.2) is 77.0 Å². The molecule has 0 aliphatic heterocycles. The van der Waals surface area contributed by atoms with Crippen LogP contribution in [0.2, 0.25) is 32.5 Å². The van der Waals surface area contributed by atoms with E-state index in [9.17, 15) is 19.2 Å². The molecular weight excluding hydrogens is 907 g/mol. The fourth-order valence-electron chi connectivity index (χ4n) is 12.5. The van der Waals surface area contributed by atoms with E-state index >= 15 is 0 Å². The maximum absolute atomic E-state index is 12.5. The first-order chi connectivity index (χ1) is 26.9. The van der Waals surface area contributed by atoms with E-state index in [4.69, 9.17) is 0 Å². The average Bonchev–Trinajstić information content (AvgIpc) is 3.92. The van der Waals surface area contributed by atoms with Crippen molar-refractivity contribution in [3.8, 4) is 0 Å². The zero-order valence-electron chi connectivity index (χ0n) is 36.0. The van der Waals surface area contributed by atoms with Gasteiger partial charge in [0.25, 0.3) is 0 Å². The Morgan fingerprint density at radius 3 is 1.23 bits per heavy atom. The van der Waals surface area contributed by atoms with E-state index in [1.54, 1.807) is 0 Å². The summed E-state index contributed by atoms with van der Waals surface area (Å²) >= 11 is -2.25. The topological polar surface area (TPSA) is 116 Å². The molecular formula is C46H62HfN4O4Si2. The standard InChI is InChI=1S/2C23H31N2O2Si.Hf/c2*1-14-15(2)20-17(19(14)16-9-7-8-10-16)11-18(24-12-26)21(25-13-27)22(28(5)6)23(20,3)4;/h2*7-9,12-13,18,21H,10-11H2,1-6H3,(H,24,26)(H,25,27);.